The van der Waals surface area contributed by atoms with Gasteiger partial charge in [-0.1, -0.05) is 11.6 Å². The lowest BCUT2D eigenvalue weighted by molar-refractivity contribution is 0.0834. The molecule has 5 rings (SSSR count). The Morgan fingerprint density at radius 1 is 1.19 bits per heavy atom. The third-order valence-electron chi connectivity index (χ3n) is 7.16. The highest BCUT2D eigenvalue weighted by Crippen LogP contribution is 2.28. The van der Waals surface area contributed by atoms with Crippen molar-refractivity contribution < 1.29 is 9.59 Å². The van der Waals surface area contributed by atoms with E-state index in [2.05, 4.69) is 51.5 Å². The van der Waals surface area contributed by atoms with Gasteiger partial charge in [0.25, 0.3) is 11.8 Å². The summed E-state index contributed by atoms with van der Waals surface area (Å²) in [7, 11) is 6.23. The van der Waals surface area contributed by atoms with E-state index in [-0.39, 0.29) is 23.9 Å². The molecule has 3 atom stereocenters. The summed E-state index contributed by atoms with van der Waals surface area (Å²) in [4.78, 5) is 39.9. The summed E-state index contributed by atoms with van der Waals surface area (Å²) in [6.45, 7) is 2.75. The van der Waals surface area contributed by atoms with Crippen LogP contribution in [0, 0.1) is 5.92 Å². The quantitative estimate of drug-likeness (QED) is 0.455. The highest BCUT2D eigenvalue weighted by Gasteiger charge is 2.34. The number of carbonyl (C=O) groups is 2. The Kier molecular flexibility index (Phi) is 7.35. The van der Waals surface area contributed by atoms with Gasteiger partial charge in [0.1, 0.15) is 5.69 Å². The molecule has 2 aromatic heterocycles. The van der Waals surface area contributed by atoms with E-state index in [1.54, 1.807) is 6.07 Å². The molecule has 3 aromatic rings. The molecule has 8 nitrogen and oxygen atoms in total. The molecule has 0 saturated heterocycles. The zero-order valence-electron chi connectivity index (χ0n) is 20.9. The summed E-state index contributed by atoms with van der Waals surface area (Å²) in [5.41, 5.74) is 2.40. The SMILES string of the molecule is CN(C)C[C@H]1CC[C@@H](NC(=O)c2cc3cc(Cl)ccc3[nH]2)[C@H](NC(=O)c2nc3c(s2)CN(C)CC3)C1. The lowest BCUT2D eigenvalue weighted by atomic mass is 9.81. The van der Waals surface area contributed by atoms with Gasteiger partial charge in [0.15, 0.2) is 5.01 Å². The number of rotatable bonds is 6. The van der Waals surface area contributed by atoms with Crippen molar-refractivity contribution in [2.24, 2.45) is 5.92 Å². The number of halogens is 1. The third kappa shape index (κ3) is 5.59. The lowest BCUT2D eigenvalue weighted by Gasteiger charge is -2.37. The molecule has 0 radical (unpaired) electrons. The van der Waals surface area contributed by atoms with Crippen molar-refractivity contribution in [1.82, 2.24) is 30.4 Å². The predicted octanol–water partition coefficient (Wildman–Crippen LogP) is 3.52. The molecule has 192 valence electrons. The van der Waals surface area contributed by atoms with Gasteiger partial charge in [0, 0.05) is 58.9 Å². The van der Waals surface area contributed by atoms with Gasteiger partial charge in [-0.2, -0.15) is 0 Å². The summed E-state index contributed by atoms with van der Waals surface area (Å²) in [5.74, 6) is 0.129. The standard InChI is InChI=1S/C26H33ClN6O2S/c1-32(2)13-15-4-6-19(29-24(34)22-12-16-11-17(27)5-7-18(16)28-22)21(10-15)30-25(35)26-31-20-8-9-33(3)14-23(20)36-26/h5,7,11-12,15,19,21,28H,4,6,8-10,13-14H2,1-3H3,(H,29,34)(H,30,35)/t15-,19+,21+/m0/s1. The smallest absolute Gasteiger partial charge is 0.280 e. The van der Waals surface area contributed by atoms with Crippen molar-refractivity contribution in [1.29, 1.82) is 0 Å². The molecule has 2 amide bonds. The molecule has 3 N–H and O–H groups in total. The molecule has 0 bridgehead atoms. The van der Waals surface area contributed by atoms with Gasteiger partial charge in [0.2, 0.25) is 0 Å². The van der Waals surface area contributed by atoms with Gasteiger partial charge < -0.3 is 25.4 Å². The lowest BCUT2D eigenvalue weighted by Crippen LogP contribution is -2.55. The molecule has 2 aliphatic rings. The number of aromatic amines is 1. The predicted molar refractivity (Wildman–Crippen MR) is 144 cm³/mol. The first-order chi connectivity index (χ1) is 17.2. The second-order valence-electron chi connectivity index (χ2n) is 10.4. The van der Waals surface area contributed by atoms with Crippen LogP contribution in [0.25, 0.3) is 10.9 Å². The molecule has 3 heterocycles. The molecule has 10 heteroatoms. The van der Waals surface area contributed by atoms with Crippen molar-refractivity contribution in [3.8, 4) is 0 Å². The minimum atomic E-state index is -0.176. The highest BCUT2D eigenvalue weighted by atomic mass is 35.5. The number of hydrogen-bond acceptors (Lipinski definition) is 6. The van der Waals surface area contributed by atoms with Crippen molar-refractivity contribution >= 4 is 45.7 Å². The van der Waals surface area contributed by atoms with Crippen LogP contribution in [0.2, 0.25) is 5.02 Å². The first-order valence-electron chi connectivity index (χ1n) is 12.5. The Balaban J connectivity index is 1.31. The zero-order chi connectivity index (χ0) is 25.4. The molecule has 1 aromatic carbocycles. The number of H-pyrrole nitrogens is 1. The molecule has 0 unspecified atom stereocenters. The van der Waals surface area contributed by atoms with E-state index in [9.17, 15) is 9.59 Å². The van der Waals surface area contributed by atoms with Crippen molar-refractivity contribution in [2.45, 2.75) is 44.3 Å². The van der Waals surface area contributed by atoms with Gasteiger partial charge in [0.05, 0.1) is 5.69 Å². The van der Waals surface area contributed by atoms with E-state index >= 15 is 0 Å². The van der Waals surface area contributed by atoms with E-state index < -0.39 is 0 Å². The molecule has 1 aliphatic heterocycles. The number of hydrogen-bond donors (Lipinski definition) is 3. The Morgan fingerprint density at radius 3 is 2.81 bits per heavy atom. The molecule has 1 aliphatic carbocycles. The maximum absolute atomic E-state index is 13.3. The van der Waals surface area contributed by atoms with Crippen molar-refractivity contribution in [3.63, 3.8) is 0 Å². The summed E-state index contributed by atoms with van der Waals surface area (Å²) in [6, 6.07) is 7.01. The third-order valence-corrected chi connectivity index (χ3v) is 8.48. The van der Waals surface area contributed by atoms with E-state index in [1.807, 2.05) is 18.2 Å². The fourth-order valence-electron chi connectivity index (χ4n) is 5.39. The van der Waals surface area contributed by atoms with Gasteiger partial charge in [-0.15, -0.1) is 11.3 Å². The summed E-state index contributed by atoms with van der Waals surface area (Å²) in [6.07, 6.45) is 3.49. The molecule has 0 spiro atoms. The Bertz CT molecular complexity index is 1270. The van der Waals surface area contributed by atoms with E-state index in [0.717, 1.165) is 61.9 Å². The number of likely N-dealkylation sites (N-methyl/N-ethyl adjacent to an activating group) is 1. The maximum Gasteiger partial charge on any atom is 0.280 e. The number of nitrogens with zero attached hydrogens (tertiary/aromatic N) is 3. The van der Waals surface area contributed by atoms with Crippen LogP contribution >= 0.6 is 22.9 Å². The van der Waals surface area contributed by atoms with Crippen molar-refractivity contribution in [3.05, 3.63) is 50.6 Å². The second-order valence-corrected chi connectivity index (χ2v) is 11.9. The summed E-state index contributed by atoms with van der Waals surface area (Å²) in [5, 5.41) is 8.47. The van der Waals surface area contributed by atoms with Gasteiger partial charge in [-0.3, -0.25) is 9.59 Å². The van der Waals surface area contributed by atoms with Crippen LogP contribution < -0.4 is 10.6 Å². The van der Waals surface area contributed by atoms with E-state index in [0.29, 0.717) is 21.6 Å². The molecule has 1 saturated carbocycles. The van der Waals surface area contributed by atoms with Gasteiger partial charge in [-0.25, -0.2) is 4.98 Å². The van der Waals surface area contributed by atoms with Gasteiger partial charge >= 0.3 is 0 Å². The number of nitrogens with one attached hydrogen (secondary N) is 3. The number of thiazole rings is 1. The Hall–Kier alpha value is -2.46. The topological polar surface area (TPSA) is 93.4 Å². The van der Waals surface area contributed by atoms with Crippen LogP contribution in [-0.2, 0) is 13.0 Å². The Morgan fingerprint density at radius 2 is 2.00 bits per heavy atom. The number of aromatic nitrogens is 2. The molecular weight excluding hydrogens is 496 g/mol. The highest BCUT2D eigenvalue weighted by molar-refractivity contribution is 7.13. The average molecular weight is 529 g/mol. The van der Waals surface area contributed by atoms with Crippen LogP contribution in [0.5, 0.6) is 0 Å². The minimum Gasteiger partial charge on any atom is -0.351 e. The monoisotopic (exact) mass is 528 g/mol. The fourth-order valence-corrected chi connectivity index (χ4v) is 6.67. The second kappa shape index (κ2) is 10.5. The van der Waals surface area contributed by atoms with Gasteiger partial charge in [-0.05, 0) is 70.6 Å². The van der Waals surface area contributed by atoms with Crippen LogP contribution in [0.15, 0.2) is 24.3 Å². The summed E-state index contributed by atoms with van der Waals surface area (Å²) < 4.78 is 0. The van der Waals surface area contributed by atoms with E-state index in [1.165, 1.54) is 16.2 Å². The largest absolute Gasteiger partial charge is 0.351 e. The first kappa shape index (κ1) is 25.2. The average Bonchev–Trinajstić information content (AvgIpc) is 3.44. The zero-order valence-corrected chi connectivity index (χ0v) is 22.5. The number of carbonyl (C=O) groups excluding carboxylic acids is 2. The molecule has 1 fully saturated rings. The normalized spacial score (nSPS) is 22.5. The van der Waals surface area contributed by atoms with Crippen LogP contribution in [-0.4, -0.2) is 77.9 Å². The fraction of sp³-hybridized carbons (Fsp3) is 0.500. The summed E-state index contributed by atoms with van der Waals surface area (Å²) >= 11 is 7.59. The maximum atomic E-state index is 13.3. The minimum absolute atomic E-state index is 0.146. The molecule has 36 heavy (non-hydrogen) atoms. The first-order valence-corrected chi connectivity index (χ1v) is 13.7. The van der Waals surface area contributed by atoms with Crippen LogP contribution in [0.4, 0.5) is 0 Å². The molecular formula is C26H33ClN6O2S. The van der Waals surface area contributed by atoms with Crippen LogP contribution in [0.3, 0.4) is 0 Å². The van der Waals surface area contributed by atoms with E-state index in [4.69, 9.17) is 11.6 Å². The number of amides is 2. The Labute approximate surface area is 220 Å². The van der Waals surface area contributed by atoms with Crippen LogP contribution in [0.1, 0.15) is 50.1 Å². The van der Waals surface area contributed by atoms with Crippen molar-refractivity contribution in [2.75, 3.05) is 34.2 Å². The number of benzene rings is 1. The number of fused-ring (bicyclic) bond motifs is 2.